The van der Waals surface area contributed by atoms with Crippen LogP contribution in [0.4, 0.5) is 0 Å². The van der Waals surface area contributed by atoms with Gasteiger partial charge in [-0.2, -0.15) is 0 Å². The topological polar surface area (TPSA) is 40.5 Å². The number of aryl methyl sites for hydroxylation is 1. The minimum absolute atomic E-state index is 0.00914. The Kier molecular flexibility index (Phi) is 6.13. The summed E-state index contributed by atoms with van der Waals surface area (Å²) in [6, 6.07) is 3.68. The Bertz CT molecular complexity index is 648. The van der Waals surface area contributed by atoms with Crippen LogP contribution in [0.25, 0.3) is 0 Å². The average molecular weight is 338 g/mol. The highest BCUT2D eigenvalue weighted by Gasteiger charge is 2.30. The third kappa shape index (κ3) is 5.20. The number of aromatic hydroxyl groups is 2. The largest absolute Gasteiger partial charge is 0.507 e. The highest BCUT2D eigenvalue weighted by Crippen LogP contribution is 2.46. The number of benzene rings is 1. The molecule has 0 amide bonds. The van der Waals surface area contributed by atoms with E-state index in [9.17, 15) is 10.2 Å². The number of rotatable bonds is 6. The molecular weight excluding hydrogens is 306 g/mol. The fourth-order valence-electron chi connectivity index (χ4n) is 3.89. The van der Waals surface area contributed by atoms with Crippen LogP contribution in [0.3, 0.4) is 0 Å². The van der Waals surface area contributed by atoms with Crippen molar-refractivity contribution in [2.45, 2.75) is 64.0 Å². The Labute approximate surface area is 154 Å². The van der Waals surface area contributed by atoms with Gasteiger partial charge in [-0.15, -0.1) is 0 Å². The molecule has 2 unspecified atom stereocenters. The number of hydrogen-bond donors (Lipinski definition) is 2. The van der Waals surface area contributed by atoms with E-state index < -0.39 is 0 Å². The molecular formula is C21H32B2O2. The lowest BCUT2D eigenvalue weighted by Gasteiger charge is -2.31. The van der Waals surface area contributed by atoms with Crippen molar-refractivity contribution >= 4 is 15.7 Å². The van der Waals surface area contributed by atoms with Crippen LogP contribution >= 0.6 is 0 Å². The Balaban J connectivity index is 2.27. The van der Waals surface area contributed by atoms with Crippen molar-refractivity contribution in [2.75, 3.05) is 0 Å². The normalized spacial score (nSPS) is 21.0. The molecule has 1 aliphatic rings. The standard InChI is InChI=1S/C21H32B2O2/c1-13(2)16-8-7-14(3)10-17(16)20-18(24)11-15(12-19(20)25)6-5-9-21(4,22)23/h10-12,16-17,24-25H,1,5-9,22-23H2,2-4H3. The summed E-state index contributed by atoms with van der Waals surface area (Å²) in [5, 5.41) is 21.6. The van der Waals surface area contributed by atoms with Gasteiger partial charge in [0.15, 0.2) is 0 Å². The summed E-state index contributed by atoms with van der Waals surface area (Å²) in [7, 11) is 4.47. The van der Waals surface area contributed by atoms with Crippen LogP contribution in [-0.4, -0.2) is 25.9 Å². The van der Waals surface area contributed by atoms with Crippen LogP contribution < -0.4 is 0 Å². The molecule has 2 N–H and O–H groups in total. The van der Waals surface area contributed by atoms with Gasteiger partial charge < -0.3 is 10.2 Å². The summed E-state index contributed by atoms with van der Waals surface area (Å²) >= 11 is 0. The molecule has 1 aromatic rings. The summed E-state index contributed by atoms with van der Waals surface area (Å²) in [6.45, 7) is 10.5. The molecule has 0 heterocycles. The number of phenols is 2. The second-order valence-electron chi connectivity index (χ2n) is 8.99. The van der Waals surface area contributed by atoms with Gasteiger partial charge >= 0.3 is 0 Å². The molecule has 0 bridgehead atoms. The predicted octanol–water partition coefficient (Wildman–Crippen LogP) is 3.84. The van der Waals surface area contributed by atoms with Gasteiger partial charge in [0.25, 0.3) is 0 Å². The van der Waals surface area contributed by atoms with Crippen LogP contribution in [0, 0.1) is 5.92 Å². The van der Waals surface area contributed by atoms with Crippen LogP contribution in [-0.2, 0) is 6.42 Å². The number of phenolic OH excluding ortho intramolecular Hbond substituents is 2. The summed E-state index contributed by atoms with van der Waals surface area (Å²) in [5.74, 6) is 0.711. The molecule has 4 heteroatoms. The van der Waals surface area contributed by atoms with Gasteiger partial charge in [0.1, 0.15) is 11.5 Å². The zero-order valence-electron chi connectivity index (χ0n) is 16.5. The van der Waals surface area contributed by atoms with Gasteiger partial charge in [0, 0.05) is 11.5 Å². The maximum absolute atomic E-state index is 10.7. The molecule has 1 aromatic carbocycles. The van der Waals surface area contributed by atoms with Gasteiger partial charge in [-0.1, -0.05) is 48.8 Å². The predicted molar refractivity (Wildman–Crippen MR) is 112 cm³/mol. The lowest BCUT2D eigenvalue weighted by atomic mass is 9.54. The van der Waals surface area contributed by atoms with Gasteiger partial charge in [-0.25, -0.2) is 0 Å². The molecule has 0 aromatic heterocycles. The Morgan fingerprint density at radius 2 is 1.88 bits per heavy atom. The fraction of sp³-hybridized carbons (Fsp3) is 0.524. The van der Waals surface area contributed by atoms with Crippen LogP contribution in [0.1, 0.15) is 63.5 Å². The van der Waals surface area contributed by atoms with Gasteiger partial charge in [-0.3, -0.25) is 0 Å². The first-order chi connectivity index (χ1) is 11.6. The van der Waals surface area contributed by atoms with Crippen LogP contribution in [0.5, 0.6) is 11.5 Å². The summed E-state index contributed by atoms with van der Waals surface area (Å²) < 4.78 is 0. The van der Waals surface area contributed by atoms with E-state index in [1.165, 1.54) is 5.57 Å². The van der Waals surface area contributed by atoms with Crippen molar-refractivity contribution < 1.29 is 10.2 Å². The molecule has 2 atom stereocenters. The van der Waals surface area contributed by atoms with Crippen molar-refractivity contribution in [3.05, 3.63) is 47.1 Å². The van der Waals surface area contributed by atoms with Crippen LogP contribution in [0.2, 0.25) is 5.21 Å². The van der Waals surface area contributed by atoms with E-state index >= 15 is 0 Å². The monoisotopic (exact) mass is 338 g/mol. The lowest BCUT2D eigenvalue weighted by Crippen LogP contribution is -2.17. The molecule has 2 nitrogen and oxygen atoms in total. The van der Waals surface area contributed by atoms with Crippen molar-refractivity contribution in [3.8, 4) is 11.5 Å². The summed E-state index contributed by atoms with van der Waals surface area (Å²) in [5.41, 5.74) is 4.09. The smallest absolute Gasteiger partial charge is 0.123 e. The molecule has 0 saturated carbocycles. The van der Waals surface area contributed by atoms with E-state index in [2.05, 4.69) is 42.2 Å². The molecule has 0 fully saturated rings. The van der Waals surface area contributed by atoms with E-state index in [1.807, 2.05) is 19.1 Å². The van der Waals surface area contributed by atoms with E-state index in [0.29, 0.717) is 10.8 Å². The number of allylic oxidation sites excluding steroid dienone is 3. The van der Waals surface area contributed by atoms with Crippen molar-refractivity contribution in [1.82, 2.24) is 0 Å². The molecule has 0 spiro atoms. The molecule has 0 saturated heterocycles. The Morgan fingerprint density at radius 3 is 2.40 bits per heavy atom. The van der Waals surface area contributed by atoms with Gasteiger partial charge in [-0.05, 0) is 56.7 Å². The molecule has 0 aliphatic heterocycles. The van der Waals surface area contributed by atoms with E-state index in [1.54, 1.807) is 0 Å². The molecule has 2 rings (SSSR count). The Hall–Kier alpha value is -1.57. The van der Waals surface area contributed by atoms with Crippen molar-refractivity contribution in [3.63, 3.8) is 0 Å². The first kappa shape index (κ1) is 19.8. The minimum Gasteiger partial charge on any atom is -0.507 e. The van der Waals surface area contributed by atoms with E-state index in [0.717, 1.165) is 43.2 Å². The first-order valence-electron chi connectivity index (χ1n) is 9.46. The fourth-order valence-corrected chi connectivity index (χ4v) is 3.89. The molecule has 1 aliphatic carbocycles. The molecule has 25 heavy (non-hydrogen) atoms. The second kappa shape index (κ2) is 7.76. The van der Waals surface area contributed by atoms with Crippen molar-refractivity contribution in [1.29, 1.82) is 0 Å². The SMILES string of the molecule is BC(B)(C)CCCc1cc(O)c(C2C=C(C)CCC2C(=C)C)c(O)c1. The van der Waals surface area contributed by atoms with Crippen LogP contribution in [0.15, 0.2) is 35.9 Å². The molecule has 134 valence electrons. The van der Waals surface area contributed by atoms with E-state index in [4.69, 9.17) is 0 Å². The first-order valence-corrected chi connectivity index (χ1v) is 9.46. The third-order valence-corrected chi connectivity index (χ3v) is 5.30. The Morgan fingerprint density at radius 1 is 1.28 bits per heavy atom. The second-order valence-corrected chi connectivity index (χ2v) is 8.99. The third-order valence-electron chi connectivity index (χ3n) is 5.30. The minimum atomic E-state index is 0.00914. The highest BCUT2D eigenvalue weighted by atomic mass is 16.3. The van der Waals surface area contributed by atoms with Crippen molar-refractivity contribution in [2.24, 2.45) is 5.92 Å². The summed E-state index contributed by atoms with van der Waals surface area (Å²) in [6.07, 6.45) is 7.32. The van der Waals surface area contributed by atoms with Gasteiger partial charge in [0.05, 0.1) is 15.7 Å². The van der Waals surface area contributed by atoms with Gasteiger partial charge in [0.2, 0.25) is 0 Å². The number of hydrogen-bond acceptors (Lipinski definition) is 2. The van der Waals surface area contributed by atoms with E-state index in [-0.39, 0.29) is 23.3 Å². The zero-order valence-corrected chi connectivity index (χ0v) is 16.5. The maximum atomic E-state index is 10.7. The maximum Gasteiger partial charge on any atom is 0.123 e. The highest BCUT2D eigenvalue weighted by molar-refractivity contribution is 6.39. The average Bonchev–Trinajstić information content (AvgIpc) is 2.44. The lowest BCUT2D eigenvalue weighted by molar-refractivity contribution is 0.406. The quantitative estimate of drug-likeness (QED) is 0.611. The molecule has 0 radical (unpaired) electrons. The summed E-state index contributed by atoms with van der Waals surface area (Å²) in [4.78, 5) is 0. The zero-order chi connectivity index (χ0) is 18.8.